The minimum atomic E-state index is -3.28. The van der Waals surface area contributed by atoms with Gasteiger partial charge in [0, 0.05) is 11.5 Å². The first-order valence-electron chi connectivity index (χ1n) is 6.14. The van der Waals surface area contributed by atoms with Crippen LogP contribution in [0.1, 0.15) is 27.7 Å². The van der Waals surface area contributed by atoms with Crippen LogP contribution in [0.15, 0.2) is 19.6 Å². The minimum Gasteiger partial charge on any atom is -0.224 e. The van der Waals surface area contributed by atoms with Gasteiger partial charge in [0.25, 0.3) is 0 Å². The van der Waals surface area contributed by atoms with Crippen LogP contribution in [0.2, 0.25) is 0 Å². The largest absolute Gasteiger partial charge is 0.224 e. The first kappa shape index (κ1) is 18.1. The lowest BCUT2D eigenvalue weighted by Gasteiger charge is -2.14. The summed E-state index contributed by atoms with van der Waals surface area (Å²) in [6, 6.07) is 0. The van der Waals surface area contributed by atoms with E-state index in [9.17, 15) is 16.8 Å². The highest BCUT2D eigenvalue weighted by atomic mass is 32.2. The molecule has 8 heteroatoms. The molecule has 0 N–H and O–H groups in total. The summed E-state index contributed by atoms with van der Waals surface area (Å²) in [7, 11) is -6.56. The van der Waals surface area contributed by atoms with Gasteiger partial charge in [-0.2, -0.15) is 0 Å². The quantitative estimate of drug-likeness (QED) is 0.665. The molecule has 2 rings (SSSR count). The smallest absolute Gasteiger partial charge is 0.176 e. The van der Waals surface area contributed by atoms with Crippen LogP contribution in [0.4, 0.5) is 0 Å². The van der Waals surface area contributed by atoms with E-state index in [-0.39, 0.29) is 21.3 Å². The van der Waals surface area contributed by atoms with Gasteiger partial charge in [-0.15, -0.1) is 23.5 Å². The summed E-state index contributed by atoms with van der Waals surface area (Å²) in [5.74, 6) is 2.04. The molecule has 0 amide bonds. The van der Waals surface area contributed by atoms with Crippen LogP contribution in [0.5, 0.6) is 0 Å². The minimum absolute atomic E-state index is 0.00579. The van der Waals surface area contributed by atoms with Gasteiger partial charge in [0.2, 0.25) is 0 Å². The Morgan fingerprint density at radius 3 is 1.25 bits per heavy atom. The van der Waals surface area contributed by atoms with Crippen LogP contribution in [-0.4, -0.2) is 39.8 Å². The molecule has 0 saturated heterocycles. The first-order chi connectivity index (χ1) is 9.08. The van der Waals surface area contributed by atoms with Crippen molar-refractivity contribution in [2.45, 2.75) is 27.7 Å². The van der Waals surface area contributed by atoms with E-state index in [1.807, 2.05) is 23.5 Å². The van der Waals surface area contributed by atoms with Crippen molar-refractivity contribution >= 4 is 43.2 Å². The Balaban J connectivity index is 0.000000217. The molecule has 2 heterocycles. The van der Waals surface area contributed by atoms with E-state index >= 15 is 0 Å². The molecule has 0 aromatic rings. The van der Waals surface area contributed by atoms with E-state index in [0.717, 1.165) is 0 Å². The molecule has 0 spiro atoms. The van der Waals surface area contributed by atoms with Crippen LogP contribution in [0.25, 0.3) is 0 Å². The zero-order chi connectivity index (χ0) is 15.6. The molecule has 20 heavy (non-hydrogen) atoms. The van der Waals surface area contributed by atoms with Crippen LogP contribution >= 0.6 is 23.5 Å². The third-order valence-electron chi connectivity index (χ3n) is 3.27. The Labute approximate surface area is 130 Å². The van der Waals surface area contributed by atoms with Crippen molar-refractivity contribution in [3.63, 3.8) is 0 Å². The Morgan fingerprint density at radius 1 is 0.700 bits per heavy atom. The summed E-state index contributed by atoms with van der Waals surface area (Å²) in [5.41, 5.74) is 0. The van der Waals surface area contributed by atoms with Crippen molar-refractivity contribution in [2.24, 2.45) is 0 Å². The molecule has 0 aromatic heterocycles. The monoisotopic (exact) mass is 356 g/mol. The molecule has 4 nitrogen and oxygen atoms in total. The predicted octanol–water partition coefficient (Wildman–Crippen LogP) is 2.80. The number of hydrogen-bond acceptors (Lipinski definition) is 6. The highest BCUT2D eigenvalue weighted by Gasteiger charge is 2.30. The Hall–Kier alpha value is 0.0800. The van der Waals surface area contributed by atoms with Gasteiger partial charge in [0.05, 0.1) is 21.3 Å². The van der Waals surface area contributed by atoms with Crippen LogP contribution < -0.4 is 0 Å². The highest BCUT2D eigenvalue weighted by molar-refractivity contribution is 8.09. The fourth-order valence-corrected chi connectivity index (χ4v) is 7.60. The lowest BCUT2D eigenvalue weighted by molar-refractivity contribution is 0.589. The summed E-state index contributed by atoms with van der Waals surface area (Å²) in [4.78, 5) is 3.02. The lowest BCUT2D eigenvalue weighted by atomic mass is 10.6. The van der Waals surface area contributed by atoms with Gasteiger partial charge in [-0.25, -0.2) is 16.8 Å². The van der Waals surface area contributed by atoms with Gasteiger partial charge in [-0.3, -0.25) is 0 Å². The van der Waals surface area contributed by atoms with Crippen molar-refractivity contribution in [3.05, 3.63) is 19.6 Å². The second kappa shape index (κ2) is 6.89. The van der Waals surface area contributed by atoms with E-state index in [1.54, 1.807) is 0 Å². The molecular formula is C12H20O4S4. The lowest BCUT2D eigenvalue weighted by Crippen LogP contribution is -2.25. The van der Waals surface area contributed by atoms with Crippen molar-refractivity contribution in [1.82, 2.24) is 0 Å². The summed E-state index contributed by atoms with van der Waals surface area (Å²) >= 11 is 3.97. The third kappa shape index (κ3) is 4.54. The molecule has 116 valence electrons. The van der Waals surface area contributed by atoms with Crippen LogP contribution in [0, 0.1) is 0 Å². The van der Waals surface area contributed by atoms with Gasteiger partial charge in [0.1, 0.15) is 0 Å². The Bertz CT molecular complexity index is 583. The van der Waals surface area contributed by atoms with Gasteiger partial charge in [0.15, 0.2) is 19.7 Å². The molecule has 0 bridgehead atoms. The zero-order valence-electron chi connectivity index (χ0n) is 12.1. The highest BCUT2D eigenvalue weighted by Crippen LogP contribution is 2.32. The molecule has 0 fully saturated rings. The Morgan fingerprint density at radius 2 is 1.00 bits per heavy atom. The number of thioether (sulfide) groups is 2. The van der Waals surface area contributed by atoms with Gasteiger partial charge >= 0.3 is 0 Å². The number of rotatable bonds is 0. The molecular weight excluding hydrogens is 336 g/mol. The molecule has 0 aliphatic carbocycles. The fraction of sp³-hybridized carbons (Fsp3) is 0.667. The standard InChI is InChI=1S/C6H10O4S2.C6H10S2/c1-5-6(2)12(9,10)4-3-11(5,7)8;1-5-6(2)8-4-3-7-5/h3-4H2,1-2H3;3-4H2,1-2H3. The Kier molecular flexibility index (Phi) is 6.25. The molecule has 0 radical (unpaired) electrons. The van der Waals surface area contributed by atoms with E-state index in [1.165, 1.54) is 35.2 Å². The van der Waals surface area contributed by atoms with E-state index in [2.05, 4.69) is 13.8 Å². The zero-order valence-corrected chi connectivity index (χ0v) is 15.4. The second-order valence-corrected chi connectivity index (χ2v) is 11.7. The average molecular weight is 357 g/mol. The molecule has 2 aliphatic heterocycles. The summed E-state index contributed by atoms with van der Waals surface area (Å²) in [6.07, 6.45) is 0. The van der Waals surface area contributed by atoms with Crippen LogP contribution in [-0.2, 0) is 19.7 Å². The third-order valence-corrected chi connectivity index (χ3v) is 10.3. The van der Waals surface area contributed by atoms with Gasteiger partial charge in [-0.1, -0.05) is 0 Å². The molecule has 0 unspecified atom stereocenters. The molecule has 2 aliphatic rings. The van der Waals surface area contributed by atoms with Crippen molar-refractivity contribution < 1.29 is 16.8 Å². The maximum atomic E-state index is 11.2. The summed E-state index contributed by atoms with van der Waals surface area (Å²) < 4.78 is 44.6. The van der Waals surface area contributed by atoms with Gasteiger partial charge in [-0.05, 0) is 37.5 Å². The van der Waals surface area contributed by atoms with Gasteiger partial charge < -0.3 is 0 Å². The average Bonchev–Trinajstić information content (AvgIpc) is 2.38. The van der Waals surface area contributed by atoms with E-state index in [4.69, 9.17) is 0 Å². The number of hydrogen-bond donors (Lipinski definition) is 0. The topological polar surface area (TPSA) is 68.3 Å². The number of sulfone groups is 2. The SMILES string of the molecule is CC1=C(C)S(=O)(=O)CCS1(=O)=O.CC1=C(C)SCCS1. The maximum absolute atomic E-state index is 11.2. The molecule has 0 saturated carbocycles. The first-order valence-corrected chi connectivity index (χ1v) is 11.4. The maximum Gasteiger partial charge on any atom is 0.176 e. The van der Waals surface area contributed by atoms with Crippen LogP contribution in [0.3, 0.4) is 0 Å². The van der Waals surface area contributed by atoms with E-state index in [0.29, 0.717) is 0 Å². The second-order valence-electron chi connectivity index (χ2n) is 4.56. The fourth-order valence-electron chi connectivity index (χ4n) is 1.56. The summed E-state index contributed by atoms with van der Waals surface area (Å²) in [5, 5.41) is 0. The van der Waals surface area contributed by atoms with E-state index < -0.39 is 19.7 Å². The number of allylic oxidation sites excluding steroid dienone is 4. The molecule has 0 atom stereocenters. The van der Waals surface area contributed by atoms with Crippen molar-refractivity contribution in [2.75, 3.05) is 23.0 Å². The molecule has 0 aromatic carbocycles. The van der Waals surface area contributed by atoms with Crippen molar-refractivity contribution in [3.8, 4) is 0 Å². The van der Waals surface area contributed by atoms with Crippen molar-refractivity contribution in [1.29, 1.82) is 0 Å². The summed E-state index contributed by atoms with van der Waals surface area (Å²) in [6.45, 7) is 7.07. The predicted molar refractivity (Wildman–Crippen MR) is 89.2 cm³/mol. The normalized spacial score (nSPS) is 25.0.